The van der Waals surface area contributed by atoms with E-state index in [1.165, 1.54) is 38.1 Å². The third-order valence-corrected chi connectivity index (χ3v) is 10.1. The number of rotatable bonds is 4. The van der Waals surface area contributed by atoms with Crippen molar-refractivity contribution in [3.05, 3.63) is 170 Å². The highest BCUT2D eigenvalue weighted by Crippen LogP contribution is 2.43. The third-order valence-electron chi connectivity index (χ3n) is 10.1. The van der Waals surface area contributed by atoms with Crippen LogP contribution in [0, 0.1) is 0 Å². The third kappa shape index (κ3) is 4.09. The van der Waals surface area contributed by atoms with Gasteiger partial charge in [0.15, 0.2) is 11.4 Å². The van der Waals surface area contributed by atoms with Gasteiger partial charge in [-0.1, -0.05) is 115 Å². The first kappa shape index (κ1) is 27.9. The van der Waals surface area contributed by atoms with E-state index >= 15 is 0 Å². The first-order valence-electron chi connectivity index (χ1n) is 17.2. The average molecular weight is 653 g/mol. The van der Waals surface area contributed by atoms with Crippen LogP contribution in [0.15, 0.2) is 174 Å². The van der Waals surface area contributed by atoms with Gasteiger partial charge in [-0.25, -0.2) is 9.97 Å². The van der Waals surface area contributed by atoms with Crippen molar-refractivity contribution in [2.45, 2.75) is 0 Å². The number of benzene rings is 7. The predicted molar refractivity (Wildman–Crippen MR) is 209 cm³/mol. The quantitative estimate of drug-likeness (QED) is 0.190. The van der Waals surface area contributed by atoms with E-state index in [1.54, 1.807) is 0 Å². The van der Waals surface area contributed by atoms with Crippen LogP contribution in [-0.4, -0.2) is 19.1 Å². The Morgan fingerprint density at radius 2 is 1.08 bits per heavy atom. The molecule has 238 valence electrons. The Hall–Kier alpha value is -6.98. The summed E-state index contributed by atoms with van der Waals surface area (Å²) >= 11 is 0. The number of nitrogens with zero attached hydrogens (tertiary/aromatic N) is 4. The van der Waals surface area contributed by atoms with E-state index in [4.69, 9.17) is 14.4 Å². The van der Waals surface area contributed by atoms with Crippen molar-refractivity contribution < 1.29 is 4.42 Å². The first-order chi connectivity index (χ1) is 25.3. The molecule has 4 aromatic heterocycles. The number of para-hydroxylation sites is 4. The molecular formula is C46H28N4O. The minimum absolute atomic E-state index is 0.669. The molecule has 4 heterocycles. The molecule has 0 amide bonds. The molecule has 51 heavy (non-hydrogen) atoms. The number of fused-ring (bicyclic) bond motifs is 10. The Balaban J connectivity index is 1.23. The predicted octanol–water partition coefficient (Wildman–Crippen LogP) is 11.9. The minimum atomic E-state index is 0.669. The summed E-state index contributed by atoms with van der Waals surface area (Å²) in [4.78, 5) is 10.2. The van der Waals surface area contributed by atoms with Gasteiger partial charge in [-0.3, -0.25) is 0 Å². The largest absolute Gasteiger partial charge is 0.452 e. The van der Waals surface area contributed by atoms with E-state index in [-0.39, 0.29) is 0 Å². The summed E-state index contributed by atoms with van der Waals surface area (Å²) in [5, 5.41) is 5.84. The van der Waals surface area contributed by atoms with Gasteiger partial charge in [-0.05, 0) is 54.6 Å². The lowest BCUT2D eigenvalue weighted by atomic mass is 10.1. The van der Waals surface area contributed by atoms with E-state index < -0.39 is 0 Å². The molecule has 0 atom stereocenters. The lowest BCUT2D eigenvalue weighted by Gasteiger charge is -2.12. The van der Waals surface area contributed by atoms with Crippen LogP contribution in [0.1, 0.15) is 0 Å². The monoisotopic (exact) mass is 652 g/mol. The molecule has 5 heteroatoms. The molecule has 0 fully saturated rings. The molecule has 11 rings (SSSR count). The van der Waals surface area contributed by atoms with Crippen LogP contribution in [0.4, 0.5) is 0 Å². The second-order valence-electron chi connectivity index (χ2n) is 13.0. The van der Waals surface area contributed by atoms with E-state index in [2.05, 4.69) is 143 Å². The molecule has 7 aromatic carbocycles. The zero-order valence-corrected chi connectivity index (χ0v) is 27.4. The molecule has 0 aliphatic carbocycles. The summed E-state index contributed by atoms with van der Waals surface area (Å²) in [5.74, 6) is 0.669. The number of furan rings is 1. The molecule has 0 aliphatic heterocycles. The van der Waals surface area contributed by atoms with Gasteiger partial charge in [0.05, 0.1) is 22.1 Å². The fourth-order valence-electron chi connectivity index (χ4n) is 7.93. The van der Waals surface area contributed by atoms with Crippen LogP contribution < -0.4 is 0 Å². The highest BCUT2D eigenvalue weighted by Gasteiger charge is 2.22. The van der Waals surface area contributed by atoms with E-state index in [9.17, 15) is 0 Å². The Bertz CT molecular complexity index is 3130. The Morgan fingerprint density at radius 3 is 1.90 bits per heavy atom. The Labute approximate surface area is 292 Å². The van der Waals surface area contributed by atoms with Gasteiger partial charge in [0.1, 0.15) is 16.8 Å². The number of hydrogen-bond donors (Lipinski definition) is 0. The van der Waals surface area contributed by atoms with E-state index in [0.29, 0.717) is 11.4 Å². The van der Waals surface area contributed by atoms with Gasteiger partial charge in [0.25, 0.3) is 0 Å². The zero-order chi connectivity index (χ0) is 33.5. The van der Waals surface area contributed by atoms with Crippen LogP contribution in [0.25, 0.3) is 99.7 Å². The van der Waals surface area contributed by atoms with Crippen molar-refractivity contribution in [3.8, 4) is 34.0 Å². The summed E-state index contributed by atoms with van der Waals surface area (Å²) in [5.41, 5.74) is 11.8. The molecule has 0 aliphatic rings. The van der Waals surface area contributed by atoms with E-state index in [1.807, 2.05) is 36.4 Å². The molecular weight excluding hydrogens is 625 g/mol. The fourth-order valence-corrected chi connectivity index (χ4v) is 7.93. The number of hydrogen-bond acceptors (Lipinski definition) is 3. The van der Waals surface area contributed by atoms with Crippen molar-refractivity contribution in [2.24, 2.45) is 0 Å². The SMILES string of the molecule is c1ccc(-c2nc(-c3cccc(-n4c5ccccc5c5ccc6c(c7ccccc7n6-c6ccccc6)c54)c3)c3oc4ccccc4c3n2)cc1. The van der Waals surface area contributed by atoms with Gasteiger partial charge >= 0.3 is 0 Å². The normalized spacial score (nSPS) is 11.9. The summed E-state index contributed by atoms with van der Waals surface area (Å²) in [6, 6.07) is 59.6. The van der Waals surface area contributed by atoms with E-state index in [0.717, 1.165) is 50.2 Å². The minimum Gasteiger partial charge on any atom is -0.452 e. The molecule has 0 saturated heterocycles. The maximum atomic E-state index is 6.52. The topological polar surface area (TPSA) is 48.8 Å². The van der Waals surface area contributed by atoms with Crippen molar-refractivity contribution in [3.63, 3.8) is 0 Å². The second-order valence-corrected chi connectivity index (χ2v) is 13.0. The van der Waals surface area contributed by atoms with Crippen molar-refractivity contribution in [2.75, 3.05) is 0 Å². The van der Waals surface area contributed by atoms with Crippen molar-refractivity contribution in [1.29, 1.82) is 0 Å². The van der Waals surface area contributed by atoms with Gasteiger partial charge < -0.3 is 13.6 Å². The fraction of sp³-hybridized carbons (Fsp3) is 0. The highest BCUT2D eigenvalue weighted by atomic mass is 16.3. The Kier molecular flexibility index (Phi) is 5.89. The molecule has 0 bridgehead atoms. The van der Waals surface area contributed by atoms with Crippen LogP contribution >= 0.6 is 0 Å². The molecule has 0 saturated carbocycles. The molecule has 0 spiro atoms. The van der Waals surface area contributed by atoms with Gasteiger partial charge in [0, 0.05) is 49.4 Å². The smallest absolute Gasteiger partial charge is 0.180 e. The molecule has 0 unspecified atom stereocenters. The van der Waals surface area contributed by atoms with Crippen molar-refractivity contribution in [1.82, 2.24) is 19.1 Å². The van der Waals surface area contributed by atoms with Crippen LogP contribution in [-0.2, 0) is 0 Å². The summed E-state index contributed by atoms with van der Waals surface area (Å²) in [6.07, 6.45) is 0. The van der Waals surface area contributed by atoms with Gasteiger partial charge in [0.2, 0.25) is 0 Å². The van der Waals surface area contributed by atoms with Crippen LogP contribution in [0.2, 0.25) is 0 Å². The summed E-state index contributed by atoms with van der Waals surface area (Å²) in [7, 11) is 0. The van der Waals surface area contributed by atoms with Crippen LogP contribution in [0.3, 0.4) is 0 Å². The summed E-state index contributed by atoms with van der Waals surface area (Å²) in [6.45, 7) is 0. The lowest BCUT2D eigenvalue weighted by Crippen LogP contribution is -1.97. The molecule has 11 aromatic rings. The summed E-state index contributed by atoms with van der Waals surface area (Å²) < 4.78 is 11.3. The van der Waals surface area contributed by atoms with Crippen molar-refractivity contribution >= 4 is 65.7 Å². The molecule has 0 N–H and O–H groups in total. The standard InChI is InChI=1S/C46H28N4O/c1-3-14-29(15-4-1)46-47-42(45-43(48-46)36-22-9-12-25-40(36)51-45)30-16-13-19-32(28-30)50-37-23-10-7-20-33(37)34-26-27-39-41(44(34)50)35-21-8-11-24-38(35)49(39)31-17-5-2-6-18-31/h1-28H. The second kappa shape index (κ2) is 10.8. The molecule has 5 nitrogen and oxygen atoms in total. The van der Waals surface area contributed by atoms with Gasteiger partial charge in [-0.2, -0.15) is 0 Å². The highest BCUT2D eigenvalue weighted by molar-refractivity contribution is 6.26. The maximum Gasteiger partial charge on any atom is 0.180 e. The van der Waals surface area contributed by atoms with Crippen LogP contribution in [0.5, 0.6) is 0 Å². The maximum absolute atomic E-state index is 6.52. The van der Waals surface area contributed by atoms with Gasteiger partial charge in [-0.15, -0.1) is 0 Å². The Morgan fingerprint density at radius 1 is 0.431 bits per heavy atom. The zero-order valence-electron chi connectivity index (χ0n) is 27.4. The number of aromatic nitrogens is 4. The average Bonchev–Trinajstić information content (AvgIpc) is 3.86. The lowest BCUT2D eigenvalue weighted by molar-refractivity contribution is 0.667. The molecule has 0 radical (unpaired) electrons. The first-order valence-corrected chi connectivity index (χ1v) is 17.2.